The van der Waals surface area contributed by atoms with Gasteiger partial charge in [-0.2, -0.15) is 8.68 Å². The zero-order chi connectivity index (χ0) is 10.8. The molecule has 80 valence electrons. The first kappa shape index (κ1) is 9.69. The highest BCUT2D eigenvalue weighted by Gasteiger charge is 2.08. The maximum Gasteiger partial charge on any atom is 0.166 e. The Bertz CT molecular complexity index is 553. The third-order valence-corrected chi connectivity index (χ3v) is 2.98. The van der Waals surface area contributed by atoms with Crippen LogP contribution in [0.3, 0.4) is 0 Å². The molecule has 0 amide bonds. The van der Waals surface area contributed by atoms with Gasteiger partial charge in [-0.15, -0.1) is 0 Å². The maximum absolute atomic E-state index is 4.88. The predicted molar refractivity (Wildman–Crippen MR) is 66.9 cm³/mol. The third kappa shape index (κ3) is 1.89. The fourth-order valence-electron chi connectivity index (χ4n) is 1.76. The van der Waals surface area contributed by atoms with Gasteiger partial charge in [-0.05, 0) is 16.3 Å². The summed E-state index contributed by atoms with van der Waals surface area (Å²) >= 11 is 1.08. The second-order valence-electron chi connectivity index (χ2n) is 3.66. The highest BCUT2D eigenvalue weighted by Crippen LogP contribution is 2.17. The van der Waals surface area contributed by atoms with Crippen LogP contribution in [0.1, 0.15) is 5.56 Å². The van der Waals surface area contributed by atoms with Gasteiger partial charge in [0.25, 0.3) is 0 Å². The van der Waals surface area contributed by atoms with Crippen LogP contribution in [0.5, 0.6) is 0 Å². The number of rotatable bonds is 2. The molecule has 0 spiro atoms. The van der Waals surface area contributed by atoms with E-state index >= 15 is 0 Å². The van der Waals surface area contributed by atoms with Crippen molar-refractivity contribution in [3.05, 3.63) is 48.0 Å². The zero-order valence-electron chi connectivity index (χ0n) is 8.51. The van der Waals surface area contributed by atoms with Crippen LogP contribution in [0.25, 0.3) is 10.8 Å². The van der Waals surface area contributed by atoms with Gasteiger partial charge in [0.15, 0.2) is 12.2 Å². The Balaban J connectivity index is 1.92. The minimum absolute atomic E-state index is 0.776. The van der Waals surface area contributed by atoms with Crippen molar-refractivity contribution in [2.75, 3.05) is 0 Å². The SMILES string of the molecule is c1ccc2cc(CC3=NSON3)ccc2c1. The van der Waals surface area contributed by atoms with Crippen molar-refractivity contribution in [2.45, 2.75) is 6.42 Å². The van der Waals surface area contributed by atoms with Gasteiger partial charge in [0.2, 0.25) is 0 Å². The Labute approximate surface area is 97.8 Å². The molecular weight excluding hydrogens is 220 g/mol. The summed E-state index contributed by atoms with van der Waals surface area (Å²) in [5, 5.41) is 2.52. The molecule has 1 aliphatic heterocycles. The van der Waals surface area contributed by atoms with Gasteiger partial charge in [-0.25, -0.2) is 5.48 Å². The molecule has 16 heavy (non-hydrogen) atoms. The van der Waals surface area contributed by atoms with Crippen LogP contribution in [0.4, 0.5) is 0 Å². The minimum Gasteiger partial charge on any atom is -0.237 e. The molecule has 3 nitrogen and oxygen atoms in total. The Kier molecular flexibility index (Phi) is 2.52. The van der Waals surface area contributed by atoms with E-state index in [1.165, 1.54) is 16.3 Å². The lowest BCUT2D eigenvalue weighted by atomic mass is 10.1. The molecule has 0 radical (unpaired) electrons. The number of fused-ring (bicyclic) bond motifs is 1. The first-order valence-electron chi connectivity index (χ1n) is 5.05. The van der Waals surface area contributed by atoms with E-state index in [9.17, 15) is 0 Å². The number of nitrogens with one attached hydrogen (secondary N) is 1. The van der Waals surface area contributed by atoms with Crippen LogP contribution < -0.4 is 5.48 Å². The van der Waals surface area contributed by atoms with Gasteiger partial charge < -0.3 is 0 Å². The van der Waals surface area contributed by atoms with Crippen LogP contribution in [0, 0.1) is 0 Å². The van der Waals surface area contributed by atoms with Crippen molar-refractivity contribution in [3.63, 3.8) is 0 Å². The monoisotopic (exact) mass is 230 g/mol. The summed E-state index contributed by atoms with van der Waals surface area (Å²) < 4.78 is 8.99. The molecule has 0 unspecified atom stereocenters. The van der Waals surface area contributed by atoms with Crippen molar-refractivity contribution < 1.29 is 4.28 Å². The van der Waals surface area contributed by atoms with E-state index in [0.29, 0.717) is 0 Å². The topological polar surface area (TPSA) is 33.6 Å². The number of nitrogens with zero attached hydrogens (tertiary/aromatic N) is 1. The quantitative estimate of drug-likeness (QED) is 0.636. The number of hydrogen-bond acceptors (Lipinski definition) is 4. The minimum atomic E-state index is 0.776. The van der Waals surface area contributed by atoms with E-state index < -0.39 is 0 Å². The fourth-order valence-corrected chi connectivity index (χ4v) is 2.12. The van der Waals surface area contributed by atoms with Gasteiger partial charge >= 0.3 is 0 Å². The summed E-state index contributed by atoms with van der Waals surface area (Å²) in [4.78, 5) is 0. The smallest absolute Gasteiger partial charge is 0.166 e. The Morgan fingerprint density at radius 3 is 2.81 bits per heavy atom. The fraction of sp³-hybridized carbons (Fsp3) is 0.0833. The highest BCUT2D eigenvalue weighted by molar-refractivity contribution is 7.93. The first-order chi connectivity index (χ1) is 7.92. The summed E-state index contributed by atoms with van der Waals surface area (Å²) in [6, 6.07) is 14.8. The average Bonchev–Trinajstić information content (AvgIpc) is 2.82. The third-order valence-electron chi connectivity index (χ3n) is 2.53. The van der Waals surface area contributed by atoms with Crippen molar-refractivity contribution >= 4 is 28.8 Å². The second kappa shape index (κ2) is 4.15. The lowest BCUT2D eigenvalue weighted by Gasteiger charge is -2.03. The molecule has 2 aromatic rings. The Hall–Kier alpha value is -1.52. The van der Waals surface area contributed by atoms with Crippen molar-refractivity contribution in [1.29, 1.82) is 0 Å². The van der Waals surface area contributed by atoms with E-state index in [-0.39, 0.29) is 0 Å². The summed E-state index contributed by atoms with van der Waals surface area (Å²) in [5.74, 6) is 0.861. The van der Waals surface area contributed by atoms with Crippen LogP contribution in [-0.4, -0.2) is 5.84 Å². The molecule has 0 aromatic heterocycles. The molecule has 0 saturated carbocycles. The van der Waals surface area contributed by atoms with Gasteiger partial charge in [0, 0.05) is 6.42 Å². The van der Waals surface area contributed by atoms with Crippen LogP contribution in [-0.2, 0) is 10.7 Å². The predicted octanol–water partition coefficient (Wildman–Crippen LogP) is 2.88. The standard InChI is InChI=1S/C12H10N2OS/c1-2-4-11-7-9(5-6-10(11)3-1)8-12-13-15-16-14-12/h1-7H,8H2,(H,13,14). The molecule has 4 heteroatoms. The van der Waals surface area contributed by atoms with Crippen molar-refractivity contribution in [3.8, 4) is 0 Å². The number of benzene rings is 2. The number of hydrogen-bond donors (Lipinski definition) is 1. The van der Waals surface area contributed by atoms with E-state index in [4.69, 9.17) is 4.28 Å². The zero-order valence-corrected chi connectivity index (χ0v) is 9.33. The Morgan fingerprint density at radius 2 is 2.00 bits per heavy atom. The lowest BCUT2D eigenvalue weighted by Crippen LogP contribution is -2.18. The van der Waals surface area contributed by atoms with Crippen LogP contribution in [0.15, 0.2) is 46.9 Å². The highest BCUT2D eigenvalue weighted by atomic mass is 32.2. The normalized spacial score (nSPS) is 14.9. The van der Waals surface area contributed by atoms with Crippen molar-refractivity contribution in [2.24, 2.45) is 4.40 Å². The molecular formula is C12H10N2OS. The molecule has 0 saturated heterocycles. The summed E-state index contributed by atoms with van der Waals surface area (Å²) in [5.41, 5.74) is 4.00. The number of hydroxylamine groups is 1. The van der Waals surface area contributed by atoms with Crippen LogP contribution in [0.2, 0.25) is 0 Å². The lowest BCUT2D eigenvalue weighted by molar-refractivity contribution is 0.325. The molecule has 2 aromatic carbocycles. The molecule has 0 aliphatic carbocycles. The van der Waals surface area contributed by atoms with Gasteiger partial charge in [-0.1, -0.05) is 42.5 Å². The molecule has 0 bridgehead atoms. The average molecular weight is 230 g/mol. The largest absolute Gasteiger partial charge is 0.237 e. The van der Waals surface area contributed by atoms with E-state index in [0.717, 1.165) is 24.5 Å². The maximum atomic E-state index is 4.88. The Morgan fingerprint density at radius 1 is 1.12 bits per heavy atom. The summed E-state index contributed by atoms with van der Waals surface area (Å²) in [6.45, 7) is 0. The van der Waals surface area contributed by atoms with Gasteiger partial charge in [0.1, 0.15) is 5.84 Å². The molecule has 3 rings (SSSR count). The van der Waals surface area contributed by atoms with E-state index in [2.05, 4.69) is 52.3 Å². The summed E-state index contributed by atoms with van der Waals surface area (Å²) in [6.07, 6.45) is 0.776. The van der Waals surface area contributed by atoms with Crippen molar-refractivity contribution in [1.82, 2.24) is 5.48 Å². The molecule has 1 heterocycles. The molecule has 1 N–H and O–H groups in total. The second-order valence-corrected chi connectivity index (χ2v) is 4.15. The van der Waals surface area contributed by atoms with Gasteiger partial charge in [-0.3, -0.25) is 0 Å². The molecule has 0 fully saturated rings. The molecule has 1 aliphatic rings. The first-order valence-corrected chi connectivity index (χ1v) is 5.75. The van der Waals surface area contributed by atoms with E-state index in [1.54, 1.807) is 0 Å². The van der Waals surface area contributed by atoms with Gasteiger partial charge in [0.05, 0.1) is 0 Å². The number of amidine groups is 1. The summed E-state index contributed by atoms with van der Waals surface area (Å²) in [7, 11) is 0. The molecule has 0 atom stereocenters. The van der Waals surface area contributed by atoms with E-state index in [1.807, 2.05) is 0 Å². The van der Waals surface area contributed by atoms with Crippen LogP contribution >= 0.6 is 12.2 Å².